The summed E-state index contributed by atoms with van der Waals surface area (Å²) >= 11 is 0. The molecule has 0 bridgehead atoms. The fourth-order valence-electron chi connectivity index (χ4n) is 3.00. The standard InChI is InChI=1S/C20H33N2O9P/c1-12(2)19(32(26,27)31-14(20(24)25)8-6-7-9-21)22-18(23)13-10-15(28-3)17(30-5)16(11-13)29-4/h10-12,14,19H,6-9,21H2,1-5H3,(H,22,23)(H,24,25)(H,26,27)/t14-,19?/m1/s1. The molecule has 5 N–H and O–H groups in total. The SMILES string of the molecule is COc1cc(C(=O)NC(C(C)C)P(=O)(O)O[C@H](CCCCN)C(=O)O)cc(OC)c1OC. The van der Waals surface area contributed by atoms with Crippen molar-refractivity contribution in [2.75, 3.05) is 27.9 Å². The first kappa shape index (κ1) is 27.7. The van der Waals surface area contributed by atoms with E-state index in [1.807, 2.05) is 0 Å². The van der Waals surface area contributed by atoms with Gasteiger partial charge in [0.25, 0.3) is 5.91 Å². The van der Waals surface area contributed by atoms with Gasteiger partial charge in [0.2, 0.25) is 5.75 Å². The van der Waals surface area contributed by atoms with Crippen LogP contribution < -0.4 is 25.3 Å². The highest BCUT2D eigenvalue weighted by molar-refractivity contribution is 7.53. The molecule has 1 amide bonds. The second kappa shape index (κ2) is 12.6. The minimum absolute atomic E-state index is 0.0166. The van der Waals surface area contributed by atoms with Gasteiger partial charge in [0.05, 0.1) is 21.3 Å². The van der Waals surface area contributed by atoms with Crippen LogP contribution in [0.4, 0.5) is 0 Å². The minimum atomic E-state index is -4.58. The third kappa shape index (κ3) is 7.37. The molecule has 1 aromatic rings. The van der Waals surface area contributed by atoms with Crippen LogP contribution in [0.15, 0.2) is 12.1 Å². The molecule has 1 aromatic carbocycles. The number of aliphatic carboxylic acids is 1. The van der Waals surface area contributed by atoms with E-state index in [0.29, 0.717) is 19.4 Å². The highest BCUT2D eigenvalue weighted by Crippen LogP contribution is 2.51. The predicted octanol–water partition coefficient (Wildman–Crippen LogP) is 2.21. The third-order valence-corrected chi connectivity index (χ3v) is 6.65. The lowest BCUT2D eigenvalue weighted by Gasteiger charge is -2.28. The van der Waals surface area contributed by atoms with Crippen LogP contribution in [0.5, 0.6) is 17.2 Å². The molecule has 11 nitrogen and oxygen atoms in total. The van der Waals surface area contributed by atoms with Crippen molar-refractivity contribution in [1.29, 1.82) is 0 Å². The monoisotopic (exact) mass is 476 g/mol. The number of carbonyl (C=O) groups is 2. The van der Waals surface area contributed by atoms with E-state index in [-0.39, 0.29) is 29.2 Å². The zero-order valence-electron chi connectivity index (χ0n) is 19.0. The smallest absolute Gasteiger partial charge is 0.351 e. The van der Waals surface area contributed by atoms with E-state index in [0.717, 1.165) is 0 Å². The van der Waals surface area contributed by atoms with Gasteiger partial charge < -0.3 is 35.3 Å². The number of benzene rings is 1. The second-order valence-electron chi connectivity index (χ2n) is 7.36. The number of ether oxygens (including phenoxy) is 3. The highest BCUT2D eigenvalue weighted by atomic mass is 31.2. The van der Waals surface area contributed by atoms with E-state index in [9.17, 15) is 24.2 Å². The first-order valence-corrected chi connectivity index (χ1v) is 11.7. The average Bonchev–Trinajstić information content (AvgIpc) is 2.74. The van der Waals surface area contributed by atoms with E-state index >= 15 is 0 Å². The number of unbranched alkanes of at least 4 members (excludes halogenated alkanes) is 1. The summed E-state index contributed by atoms with van der Waals surface area (Å²) in [5.41, 5.74) is 5.50. The van der Waals surface area contributed by atoms with E-state index < -0.39 is 37.3 Å². The molecule has 12 heteroatoms. The lowest BCUT2D eigenvalue weighted by molar-refractivity contribution is -0.145. The number of carboxylic acids is 1. The number of rotatable bonds is 14. The Morgan fingerprint density at radius 2 is 1.66 bits per heavy atom. The van der Waals surface area contributed by atoms with Crippen molar-refractivity contribution in [1.82, 2.24) is 5.32 Å². The van der Waals surface area contributed by atoms with Crippen LogP contribution in [0.2, 0.25) is 0 Å². The fraction of sp³-hybridized carbons (Fsp3) is 0.600. The van der Waals surface area contributed by atoms with Crippen molar-refractivity contribution in [2.24, 2.45) is 11.7 Å². The molecular weight excluding hydrogens is 443 g/mol. The van der Waals surface area contributed by atoms with Crippen molar-refractivity contribution < 1.29 is 42.9 Å². The first-order valence-electron chi connectivity index (χ1n) is 10.1. The van der Waals surface area contributed by atoms with Crippen LogP contribution in [-0.2, 0) is 13.9 Å². The molecule has 32 heavy (non-hydrogen) atoms. The summed E-state index contributed by atoms with van der Waals surface area (Å²) in [6.45, 7) is 3.58. The Morgan fingerprint density at radius 1 is 1.09 bits per heavy atom. The summed E-state index contributed by atoms with van der Waals surface area (Å²) in [6.07, 6.45) is -0.522. The maximum Gasteiger partial charge on any atom is 0.351 e. The van der Waals surface area contributed by atoms with Gasteiger partial charge in [-0.1, -0.05) is 13.8 Å². The van der Waals surface area contributed by atoms with Gasteiger partial charge in [-0.3, -0.25) is 13.9 Å². The maximum atomic E-state index is 13.0. The van der Waals surface area contributed by atoms with Gasteiger partial charge in [0.15, 0.2) is 17.6 Å². The summed E-state index contributed by atoms with van der Waals surface area (Å²) in [7, 11) is -0.376. The third-order valence-electron chi connectivity index (χ3n) is 4.66. The second-order valence-corrected chi connectivity index (χ2v) is 9.25. The van der Waals surface area contributed by atoms with Crippen LogP contribution in [0.25, 0.3) is 0 Å². The predicted molar refractivity (Wildman–Crippen MR) is 117 cm³/mol. The van der Waals surface area contributed by atoms with Crippen LogP contribution in [0, 0.1) is 5.92 Å². The van der Waals surface area contributed by atoms with Crippen molar-refractivity contribution in [3.8, 4) is 17.2 Å². The average molecular weight is 476 g/mol. The Kier molecular flexibility index (Phi) is 10.9. The number of carbonyl (C=O) groups excluding carboxylic acids is 1. The summed E-state index contributed by atoms with van der Waals surface area (Å²) in [4.78, 5) is 34.9. The summed E-state index contributed by atoms with van der Waals surface area (Å²) in [5.74, 6) is -3.23. The normalized spacial score (nSPS) is 14.9. The molecule has 3 atom stereocenters. The molecular formula is C20H33N2O9P. The molecule has 2 unspecified atom stereocenters. The Bertz CT molecular complexity index is 806. The zero-order chi connectivity index (χ0) is 24.5. The molecule has 0 heterocycles. The number of nitrogens with one attached hydrogen (secondary N) is 1. The van der Waals surface area contributed by atoms with Gasteiger partial charge in [-0.2, -0.15) is 0 Å². The lowest BCUT2D eigenvalue weighted by Crippen LogP contribution is -2.40. The zero-order valence-corrected chi connectivity index (χ0v) is 19.9. The van der Waals surface area contributed by atoms with Gasteiger partial charge in [0, 0.05) is 5.56 Å². The molecule has 0 fully saturated rings. The Morgan fingerprint density at radius 3 is 2.06 bits per heavy atom. The van der Waals surface area contributed by atoms with Crippen LogP contribution >= 0.6 is 7.60 Å². The van der Waals surface area contributed by atoms with Crippen molar-refractivity contribution in [3.05, 3.63) is 17.7 Å². The fourth-order valence-corrected chi connectivity index (χ4v) is 4.72. The van der Waals surface area contributed by atoms with Crippen molar-refractivity contribution in [3.63, 3.8) is 0 Å². The maximum absolute atomic E-state index is 13.0. The number of methoxy groups -OCH3 is 3. The molecule has 0 radical (unpaired) electrons. The molecule has 0 aromatic heterocycles. The molecule has 0 aliphatic carbocycles. The highest BCUT2D eigenvalue weighted by Gasteiger charge is 2.40. The number of carboxylic acid groups (broad SMARTS) is 1. The molecule has 0 spiro atoms. The molecule has 1 rings (SSSR count). The summed E-state index contributed by atoms with van der Waals surface area (Å²) < 4.78 is 33.8. The number of nitrogens with two attached hydrogens (primary N) is 1. The van der Waals surface area contributed by atoms with Crippen LogP contribution in [0.1, 0.15) is 43.5 Å². The largest absolute Gasteiger partial charge is 0.493 e. The van der Waals surface area contributed by atoms with E-state index in [4.69, 9.17) is 24.5 Å². The Balaban J connectivity index is 3.15. The Labute approximate surface area is 187 Å². The molecule has 182 valence electrons. The summed E-state index contributed by atoms with van der Waals surface area (Å²) in [5, 5.41) is 11.8. The molecule has 0 saturated carbocycles. The number of hydrogen-bond acceptors (Lipinski definition) is 8. The van der Waals surface area contributed by atoms with E-state index in [1.54, 1.807) is 13.8 Å². The topological polar surface area (TPSA) is 167 Å². The van der Waals surface area contributed by atoms with Gasteiger partial charge in [-0.15, -0.1) is 0 Å². The quantitative estimate of drug-likeness (QED) is 0.231. The molecule has 0 saturated heterocycles. The van der Waals surface area contributed by atoms with Crippen molar-refractivity contribution in [2.45, 2.75) is 45.0 Å². The summed E-state index contributed by atoms with van der Waals surface area (Å²) in [6, 6.07) is 2.79. The van der Waals surface area contributed by atoms with E-state index in [1.165, 1.54) is 33.5 Å². The van der Waals surface area contributed by atoms with Gasteiger partial charge in [-0.05, 0) is 43.9 Å². The Hall–Kier alpha value is -2.33. The van der Waals surface area contributed by atoms with Gasteiger partial charge >= 0.3 is 13.6 Å². The number of amides is 1. The minimum Gasteiger partial charge on any atom is -0.493 e. The van der Waals surface area contributed by atoms with Gasteiger partial charge in [0.1, 0.15) is 5.78 Å². The van der Waals surface area contributed by atoms with Crippen LogP contribution in [0.3, 0.4) is 0 Å². The lowest BCUT2D eigenvalue weighted by atomic mass is 10.1. The van der Waals surface area contributed by atoms with Gasteiger partial charge in [-0.25, -0.2) is 4.79 Å². The first-order chi connectivity index (χ1) is 15.0. The van der Waals surface area contributed by atoms with Crippen LogP contribution in [-0.4, -0.2) is 61.6 Å². The van der Waals surface area contributed by atoms with Crippen molar-refractivity contribution >= 4 is 19.5 Å². The van der Waals surface area contributed by atoms with E-state index in [2.05, 4.69) is 5.32 Å². The molecule has 0 aliphatic rings. The molecule has 0 aliphatic heterocycles. The number of hydrogen-bond donors (Lipinski definition) is 4.